The molecule has 12 aromatic rings. The highest BCUT2D eigenvalue weighted by molar-refractivity contribution is 6.14. The van der Waals surface area contributed by atoms with Gasteiger partial charge < -0.3 is 13.9 Å². The minimum atomic E-state index is 0.897. The van der Waals surface area contributed by atoms with E-state index in [9.17, 15) is 0 Å². The van der Waals surface area contributed by atoms with Crippen LogP contribution in [-0.2, 0) is 0 Å². The monoisotopic (exact) mass is 804 g/mol. The molecule has 0 aliphatic carbocycles. The summed E-state index contributed by atoms with van der Waals surface area (Å²) in [4.78, 5) is 2.36. The van der Waals surface area contributed by atoms with Gasteiger partial charge in [0.1, 0.15) is 11.2 Å². The largest absolute Gasteiger partial charge is 0.456 e. The Bertz CT molecular complexity index is 3560. The van der Waals surface area contributed by atoms with E-state index in [1.807, 2.05) is 12.1 Å². The van der Waals surface area contributed by atoms with Gasteiger partial charge in [-0.05, 0) is 117 Å². The second-order valence-electron chi connectivity index (χ2n) is 16.1. The van der Waals surface area contributed by atoms with Gasteiger partial charge >= 0.3 is 0 Å². The molecule has 2 aromatic heterocycles. The van der Waals surface area contributed by atoms with Crippen LogP contribution in [0.5, 0.6) is 0 Å². The first-order valence-electron chi connectivity index (χ1n) is 21.5. The summed E-state index contributed by atoms with van der Waals surface area (Å²) in [5.41, 5.74) is 17.9. The molecule has 0 aliphatic heterocycles. The number of para-hydroxylation sites is 3. The highest BCUT2D eigenvalue weighted by atomic mass is 16.3. The highest BCUT2D eigenvalue weighted by Crippen LogP contribution is 2.43. The molecule has 0 spiro atoms. The molecule has 0 fully saturated rings. The van der Waals surface area contributed by atoms with Gasteiger partial charge in [0.2, 0.25) is 0 Å². The van der Waals surface area contributed by atoms with Crippen LogP contribution < -0.4 is 4.90 Å². The number of nitrogens with zero attached hydrogens (tertiary/aromatic N) is 2. The molecular weight excluding hydrogens is 765 g/mol. The lowest BCUT2D eigenvalue weighted by Gasteiger charge is -2.26. The van der Waals surface area contributed by atoms with Gasteiger partial charge in [0.25, 0.3) is 0 Å². The van der Waals surface area contributed by atoms with E-state index in [2.05, 4.69) is 240 Å². The molecule has 12 rings (SSSR count). The fourth-order valence-corrected chi connectivity index (χ4v) is 9.49. The number of aromatic nitrogens is 1. The van der Waals surface area contributed by atoms with Crippen molar-refractivity contribution in [2.24, 2.45) is 0 Å². The molecule has 0 atom stereocenters. The lowest BCUT2D eigenvalue weighted by molar-refractivity contribution is 0.669. The molecule has 3 nitrogen and oxygen atoms in total. The fourth-order valence-electron chi connectivity index (χ4n) is 9.49. The Morgan fingerprint density at radius 1 is 0.302 bits per heavy atom. The average molecular weight is 805 g/mol. The minimum Gasteiger partial charge on any atom is -0.456 e. The van der Waals surface area contributed by atoms with E-state index in [0.717, 1.165) is 61.4 Å². The molecule has 0 aliphatic rings. The quantitative estimate of drug-likeness (QED) is 0.153. The minimum absolute atomic E-state index is 0.897. The summed E-state index contributed by atoms with van der Waals surface area (Å²) in [5.74, 6) is 0. The van der Waals surface area contributed by atoms with Crippen molar-refractivity contribution in [3.05, 3.63) is 243 Å². The predicted molar refractivity (Wildman–Crippen MR) is 264 cm³/mol. The van der Waals surface area contributed by atoms with Crippen molar-refractivity contribution in [2.75, 3.05) is 4.90 Å². The maximum Gasteiger partial charge on any atom is 0.136 e. The topological polar surface area (TPSA) is 21.3 Å². The predicted octanol–water partition coefficient (Wildman–Crippen LogP) is 16.8. The Morgan fingerprint density at radius 3 is 1.54 bits per heavy atom. The molecule has 0 amide bonds. The first-order chi connectivity index (χ1) is 31.2. The van der Waals surface area contributed by atoms with Crippen molar-refractivity contribution < 1.29 is 4.42 Å². The number of hydrogen-bond acceptors (Lipinski definition) is 2. The van der Waals surface area contributed by atoms with E-state index in [1.54, 1.807) is 0 Å². The molecule has 3 heteroatoms. The fraction of sp³-hybridized carbons (Fsp3) is 0. The van der Waals surface area contributed by atoms with Gasteiger partial charge in [-0.25, -0.2) is 0 Å². The van der Waals surface area contributed by atoms with Crippen LogP contribution in [0.1, 0.15) is 0 Å². The number of fused-ring (bicyclic) bond motifs is 6. The molecule has 2 heterocycles. The summed E-state index contributed by atoms with van der Waals surface area (Å²) >= 11 is 0. The van der Waals surface area contributed by atoms with Crippen molar-refractivity contribution in [3.8, 4) is 50.2 Å². The summed E-state index contributed by atoms with van der Waals surface area (Å²) in [6, 6.07) is 87.1. The Labute approximate surface area is 366 Å². The van der Waals surface area contributed by atoms with Gasteiger partial charge in [-0.3, -0.25) is 0 Å². The van der Waals surface area contributed by atoms with E-state index in [0.29, 0.717) is 0 Å². The van der Waals surface area contributed by atoms with Gasteiger partial charge in [-0.1, -0.05) is 170 Å². The maximum atomic E-state index is 6.30. The van der Waals surface area contributed by atoms with Crippen molar-refractivity contribution in [2.45, 2.75) is 0 Å². The van der Waals surface area contributed by atoms with Crippen molar-refractivity contribution in [1.82, 2.24) is 4.57 Å². The Morgan fingerprint density at radius 2 is 0.810 bits per heavy atom. The van der Waals surface area contributed by atoms with Gasteiger partial charge in [0, 0.05) is 44.3 Å². The van der Waals surface area contributed by atoms with E-state index in [1.165, 1.54) is 49.6 Å². The Hall–Kier alpha value is -8.40. The second kappa shape index (κ2) is 15.3. The van der Waals surface area contributed by atoms with Gasteiger partial charge in [0.15, 0.2) is 0 Å². The van der Waals surface area contributed by atoms with Gasteiger partial charge in [-0.15, -0.1) is 0 Å². The first kappa shape index (κ1) is 36.5. The zero-order valence-electron chi connectivity index (χ0n) is 34.4. The summed E-state index contributed by atoms with van der Waals surface area (Å²) in [7, 11) is 0. The van der Waals surface area contributed by atoms with Crippen molar-refractivity contribution in [1.29, 1.82) is 0 Å². The lowest BCUT2D eigenvalue weighted by atomic mass is 9.92. The van der Waals surface area contributed by atoms with Crippen LogP contribution in [0.4, 0.5) is 17.1 Å². The van der Waals surface area contributed by atoms with Crippen LogP contribution in [0.25, 0.3) is 93.9 Å². The van der Waals surface area contributed by atoms with E-state index < -0.39 is 0 Å². The van der Waals surface area contributed by atoms with Crippen LogP contribution in [0.3, 0.4) is 0 Å². The maximum absolute atomic E-state index is 6.30. The third kappa shape index (κ3) is 6.38. The average Bonchev–Trinajstić information content (AvgIpc) is 3.91. The molecule has 296 valence electrons. The van der Waals surface area contributed by atoms with Crippen LogP contribution in [0.2, 0.25) is 0 Å². The molecule has 0 N–H and O–H groups in total. The smallest absolute Gasteiger partial charge is 0.136 e. The SMILES string of the molecule is c1ccc(-c2cccc(N(c3ccc(-c4cccc(-n5c6ccccc6c6ccccc65)c4)cc3)c3ccc(-c4ccccc4-c4cccc5oc6ccccc6c45)cc3)c2)cc1. The Balaban J connectivity index is 0.936. The summed E-state index contributed by atoms with van der Waals surface area (Å²) in [6.45, 7) is 0. The number of benzene rings is 10. The highest BCUT2D eigenvalue weighted by Gasteiger charge is 2.18. The van der Waals surface area contributed by atoms with E-state index in [-0.39, 0.29) is 0 Å². The third-order valence-corrected chi connectivity index (χ3v) is 12.4. The summed E-state index contributed by atoms with van der Waals surface area (Å²) in [6.07, 6.45) is 0. The van der Waals surface area contributed by atoms with Crippen LogP contribution >= 0.6 is 0 Å². The van der Waals surface area contributed by atoms with Crippen molar-refractivity contribution >= 4 is 60.8 Å². The number of hydrogen-bond donors (Lipinski definition) is 0. The standard InChI is InChI=1S/C60H40N2O/c1-2-15-41(16-3-1)44-17-12-19-48(39-44)61(46-35-31-42(32-36-46)45-18-13-20-49(40-45)62-56-27-9-6-23-52(56)53-24-7-10-28-57(53)62)47-37-33-43(34-38-47)50-21-4-5-22-51(50)54-26-14-30-59-60(54)55-25-8-11-29-58(55)63-59/h1-40H. The number of anilines is 3. The second-order valence-corrected chi connectivity index (χ2v) is 16.1. The lowest BCUT2D eigenvalue weighted by Crippen LogP contribution is -2.10. The van der Waals surface area contributed by atoms with Crippen LogP contribution in [0.15, 0.2) is 247 Å². The summed E-state index contributed by atoms with van der Waals surface area (Å²) in [5, 5.41) is 4.79. The van der Waals surface area contributed by atoms with Gasteiger partial charge in [-0.2, -0.15) is 0 Å². The Kier molecular flexibility index (Phi) is 8.83. The first-order valence-corrected chi connectivity index (χ1v) is 21.5. The molecule has 0 radical (unpaired) electrons. The number of rotatable bonds is 8. The van der Waals surface area contributed by atoms with Gasteiger partial charge in [0.05, 0.1) is 11.0 Å². The molecule has 0 saturated heterocycles. The summed E-state index contributed by atoms with van der Waals surface area (Å²) < 4.78 is 8.68. The molecule has 63 heavy (non-hydrogen) atoms. The number of furan rings is 1. The van der Waals surface area contributed by atoms with E-state index in [4.69, 9.17) is 4.42 Å². The van der Waals surface area contributed by atoms with Crippen LogP contribution in [-0.4, -0.2) is 4.57 Å². The van der Waals surface area contributed by atoms with Crippen molar-refractivity contribution in [3.63, 3.8) is 0 Å². The van der Waals surface area contributed by atoms with Crippen LogP contribution in [0, 0.1) is 0 Å². The zero-order valence-corrected chi connectivity index (χ0v) is 34.4. The third-order valence-electron chi connectivity index (χ3n) is 12.4. The molecule has 10 aromatic carbocycles. The molecule has 0 saturated carbocycles. The molecule has 0 bridgehead atoms. The normalized spacial score (nSPS) is 11.5. The zero-order chi connectivity index (χ0) is 41.7. The molecular formula is C60H40N2O. The van der Waals surface area contributed by atoms with E-state index >= 15 is 0 Å². The molecule has 0 unspecified atom stereocenters.